The van der Waals surface area contributed by atoms with Crippen LogP contribution in [0.1, 0.15) is 31.7 Å². The molecule has 0 spiro atoms. The minimum atomic E-state index is -1.18. The number of benzene rings is 3. The van der Waals surface area contributed by atoms with Crippen molar-refractivity contribution in [2.45, 2.75) is 32.6 Å². The molecule has 6 heteroatoms. The predicted molar refractivity (Wildman–Crippen MR) is 100 cm³/mol. The molecule has 0 nitrogen and oxygen atoms in total. The van der Waals surface area contributed by atoms with Crippen LogP contribution in [0.4, 0.5) is 26.3 Å². The standard InChI is InChI=1S/C23H18F6/c1-2-3-4-5-13-6-19(27)23(20(28)7-13)18-11-17(26)12-21(29)22(18)14-8-15(24)10-16(25)9-14/h6-12H,2-5H2,1H3. The highest BCUT2D eigenvalue weighted by Crippen LogP contribution is 2.38. The van der Waals surface area contributed by atoms with Gasteiger partial charge in [0.25, 0.3) is 0 Å². The van der Waals surface area contributed by atoms with E-state index < -0.39 is 51.6 Å². The SMILES string of the molecule is CCCCCc1cc(F)c(-c2cc(F)cc(F)c2-c2cc(F)cc(F)c2)c(F)c1. The molecule has 0 aliphatic rings. The van der Waals surface area contributed by atoms with Gasteiger partial charge in [0.1, 0.15) is 34.9 Å². The molecule has 0 radical (unpaired) electrons. The monoisotopic (exact) mass is 408 g/mol. The van der Waals surface area contributed by atoms with Gasteiger partial charge in [-0.2, -0.15) is 0 Å². The number of hydrogen-bond donors (Lipinski definition) is 0. The van der Waals surface area contributed by atoms with Crippen LogP contribution in [0, 0.1) is 34.9 Å². The first kappa shape index (κ1) is 21.0. The summed E-state index contributed by atoms with van der Waals surface area (Å²) in [4.78, 5) is 0. The summed E-state index contributed by atoms with van der Waals surface area (Å²) >= 11 is 0. The first-order chi connectivity index (χ1) is 13.8. The quantitative estimate of drug-likeness (QED) is 0.291. The van der Waals surface area contributed by atoms with Crippen LogP contribution in [0.3, 0.4) is 0 Å². The molecule has 152 valence electrons. The minimum absolute atomic E-state index is 0.291. The molecule has 0 heterocycles. The van der Waals surface area contributed by atoms with Crippen molar-refractivity contribution in [1.82, 2.24) is 0 Å². The summed E-state index contributed by atoms with van der Waals surface area (Å²) in [6.45, 7) is 2.00. The van der Waals surface area contributed by atoms with Crippen molar-refractivity contribution in [2.24, 2.45) is 0 Å². The van der Waals surface area contributed by atoms with E-state index in [4.69, 9.17) is 0 Å². The van der Waals surface area contributed by atoms with Crippen molar-refractivity contribution in [1.29, 1.82) is 0 Å². The van der Waals surface area contributed by atoms with E-state index in [1.54, 1.807) is 0 Å². The van der Waals surface area contributed by atoms with Gasteiger partial charge in [-0.15, -0.1) is 0 Å². The molecular weight excluding hydrogens is 390 g/mol. The van der Waals surface area contributed by atoms with Crippen molar-refractivity contribution in [2.75, 3.05) is 0 Å². The molecule has 0 aliphatic carbocycles. The molecule has 3 rings (SSSR count). The lowest BCUT2D eigenvalue weighted by Crippen LogP contribution is -2.00. The highest BCUT2D eigenvalue weighted by Gasteiger charge is 2.22. The second-order valence-electron chi connectivity index (χ2n) is 6.86. The second-order valence-corrected chi connectivity index (χ2v) is 6.86. The zero-order valence-corrected chi connectivity index (χ0v) is 15.6. The van der Waals surface area contributed by atoms with Gasteiger partial charge in [0.15, 0.2) is 0 Å². The summed E-state index contributed by atoms with van der Waals surface area (Å²) in [5.41, 5.74) is -1.46. The Morgan fingerprint density at radius 1 is 0.586 bits per heavy atom. The molecule has 0 atom stereocenters. The van der Waals surface area contributed by atoms with Gasteiger partial charge >= 0.3 is 0 Å². The predicted octanol–water partition coefficient (Wildman–Crippen LogP) is 7.59. The van der Waals surface area contributed by atoms with Crippen LogP contribution in [0.15, 0.2) is 42.5 Å². The Labute approximate surface area is 164 Å². The van der Waals surface area contributed by atoms with E-state index in [1.165, 1.54) is 0 Å². The van der Waals surface area contributed by atoms with Gasteiger partial charge in [0.2, 0.25) is 0 Å². The van der Waals surface area contributed by atoms with Gasteiger partial charge in [-0.1, -0.05) is 19.8 Å². The fraction of sp³-hybridized carbons (Fsp3) is 0.217. The summed E-state index contributed by atoms with van der Waals surface area (Å²) in [7, 11) is 0. The van der Waals surface area contributed by atoms with Gasteiger partial charge in [0, 0.05) is 23.3 Å². The molecule has 0 fully saturated rings. The number of unbranched alkanes of at least 4 members (excludes halogenated alkanes) is 2. The van der Waals surface area contributed by atoms with E-state index in [1.807, 2.05) is 6.92 Å². The lowest BCUT2D eigenvalue weighted by molar-refractivity contribution is 0.576. The number of rotatable bonds is 6. The van der Waals surface area contributed by atoms with Crippen LogP contribution in [0.2, 0.25) is 0 Å². The van der Waals surface area contributed by atoms with Crippen LogP contribution in [0.5, 0.6) is 0 Å². The van der Waals surface area contributed by atoms with Crippen LogP contribution in [-0.2, 0) is 6.42 Å². The maximum atomic E-state index is 14.8. The van der Waals surface area contributed by atoms with Gasteiger partial charge in [-0.05, 0) is 54.3 Å². The summed E-state index contributed by atoms with van der Waals surface area (Å²) < 4.78 is 85.3. The zero-order valence-electron chi connectivity index (χ0n) is 15.6. The Morgan fingerprint density at radius 2 is 1.14 bits per heavy atom. The van der Waals surface area contributed by atoms with Gasteiger partial charge in [0.05, 0.1) is 5.56 Å². The summed E-state index contributed by atoms with van der Waals surface area (Å²) in [6, 6.07) is 5.70. The van der Waals surface area contributed by atoms with Crippen molar-refractivity contribution < 1.29 is 26.3 Å². The molecule has 29 heavy (non-hydrogen) atoms. The highest BCUT2D eigenvalue weighted by atomic mass is 19.2. The first-order valence-corrected chi connectivity index (χ1v) is 9.24. The van der Waals surface area contributed by atoms with Crippen LogP contribution < -0.4 is 0 Å². The number of hydrogen-bond acceptors (Lipinski definition) is 0. The van der Waals surface area contributed by atoms with Gasteiger partial charge < -0.3 is 0 Å². The third kappa shape index (κ3) is 4.63. The van der Waals surface area contributed by atoms with E-state index in [-0.39, 0.29) is 5.56 Å². The molecule has 3 aromatic rings. The average Bonchev–Trinajstić information content (AvgIpc) is 2.60. The Balaban J connectivity index is 2.19. The van der Waals surface area contributed by atoms with E-state index in [0.717, 1.165) is 49.6 Å². The number of aryl methyl sites for hydroxylation is 1. The minimum Gasteiger partial charge on any atom is -0.207 e. The number of halogens is 6. The largest absolute Gasteiger partial charge is 0.207 e. The molecule has 3 aromatic carbocycles. The molecule has 0 saturated heterocycles. The zero-order chi connectivity index (χ0) is 21.1. The van der Waals surface area contributed by atoms with Gasteiger partial charge in [-0.3, -0.25) is 0 Å². The Hall–Kier alpha value is -2.76. The maximum Gasteiger partial charge on any atom is 0.134 e. The maximum absolute atomic E-state index is 14.8. The average molecular weight is 408 g/mol. The smallest absolute Gasteiger partial charge is 0.134 e. The molecule has 0 aliphatic heterocycles. The molecule has 0 amide bonds. The van der Waals surface area contributed by atoms with E-state index in [9.17, 15) is 26.3 Å². The van der Waals surface area contributed by atoms with E-state index in [0.29, 0.717) is 24.1 Å². The van der Waals surface area contributed by atoms with Crippen LogP contribution >= 0.6 is 0 Å². The van der Waals surface area contributed by atoms with Crippen LogP contribution in [0.25, 0.3) is 22.3 Å². The molecule has 0 N–H and O–H groups in total. The third-order valence-electron chi connectivity index (χ3n) is 4.65. The molecule has 0 unspecified atom stereocenters. The normalized spacial score (nSPS) is 11.1. The Kier molecular flexibility index (Phi) is 6.30. The molecular formula is C23H18F6. The first-order valence-electron chi connectivity index (χ1n) is 9.24. The molecule has 0 bridgehead atoms. The van der Waals surface area contributed by atoms with E-state index >= 15 is 0 Å². The van der Waals surface area contributed by atoms with E-state index in [2.05, 4.69) is 0 Å². The second kappa shape index (κ2) is 8.72. The van der Waals surface area contributed by atoms with Crippen LogP contribution in [-0.4, -0.2) is 0 Å². The third-order valence-corrected chi connectivity index (χ3v) is 4.65. The summed E-state index contributed by atoms with van der Waals surface area (Å²) in [6.07, 6.45) is 3.05. The van der Waals surface area contributed by atoms with Crippen molar-refractivity contribution in [3.05, 3.63) is 82.9 Å². The lowest BCUT2D eigenvalue weighted by atomic mass is 9.92. The summed E-state index contributed by atoms with van der Waals surface area (Å²) in [5.74, 6) is -6.25. The fourth-order valence-corrected chi connectivity index (χ4v) is 3.37. The highest BCUT2D eigenvalue weighted by molar-refractivity contribution is 5.84. The lowest BCUT2D eigenvalue weighted by Gasteiger charge is -2.15. The molecule has 0 saturated carbocycles. The van der Waals surface area contributed by atoms with Crippen molar-refractivity contribution >= 4 is 0 Å². The van der Waals surface area contributed by atoms with Crippen molar-refractivity contribution in [3.63, 3.8) is 0 Å². The summed E-state index contributed by atoms with van der Waals surface area (Å²) in [5, 5.41) is 0. The van der Waals surface area contributed by atoms with Crippen molar-refractivity contribution in [3.8, 4) is 22.3 Å². The Bertz CT molecular complexity index is 999. The Morgan fingerprint density at radius 3 is 1.72 bits per heavy atom. The van der Waals surface area contributed by atoms with Gasteiger partial charge in [-0.25, -0.2) is 26.3 Å². The molecule has 0 aromatic heterocycles. The fourth-order valence-electron chi connectivity index (χ4n) is 3.37. The topological polar surface area (TPSA) is 0 Å².